The Labute approximate surface area is 620 Å². The number of piperidine rings is 1. The van der Waals surface area contributed by atoms with Gasteiger partial charge in [-0.05, 0) is 172 Å². The van der Waals surface area contributed by atoms with E-state index in [1.54, 1.807) is 107 Å². The Kier molecular flexibility index (Phi) is 22.1. The molecule has 0 radical (unpaired) electrons. The molecule has 6 aromatic carbocycles. The van der Waals surface area contributed by atoms with Gasteiger partial charge in [-0.15, -0.1) is 0 Å². The molecule has 15 rings (SSSR count). The molecule has 3 fully saturated rings. The zero-order chi connectivity index (χ0) is 75.0. The Hall–Kier alpha value is -12.3. The summed E-state index contributed by atoms with van der Waals surface area (Å²) in [6.07, 6.45) is 18.4. The molecule has 107 heavy (non-hydrogen) atoms. The third-order valence-electron chi connectivity index (χ3n) is 19.2. The van der Waals surface area contributed by atoms with Crippen LogP contribution in [0.4, 0.5) is 13.2 Å². The lowest BCUT2D eigenvalue weighted by Crippen LogP contribution is -2.40. The van der Waals surface area contributed by atoms with Gasteiger partial charge in [-0.25, -0.2) is 4.39 Å². The number of carbonyl (C=O) groups is 3. The number of carbonyl (C=O) groups excluding carboxylic acids is 3. The summed E-state index contributed by atoms with van der Waals surface area (Å²) in [5.41, 5.74) is 9.10. The number of nitrogens with zero attached hydrogens (tertiary/aromatic N) is 12. The second kappa shape index (κ2) is 32.4. The van der Waals surface area contributed by atoms with Gasteiger partial charge in [0.2, 0.25) is 29.4 Å². The number of rotatable bonds is 19. The van der Waals surface area contributed by atoms with Crippen molar-refractivity contribution in [2.75, 3.05) is 60.6 Å². The SMILES string of the molecule is C=CC(=O)N1CCC[C@@H](n2nc(-c3ccc(Oc4cccc(OC)c4F)cc3)c3cncc(OC)c32)C1.C=CC(=O)N1CC[C@@H](n2nc(-c3ccc(Oc4cccc(CC)c4F)cc3)c3cncc(C)c32)C1.C=CC(=O)N1CC[C@@H](n2nc(-c3ccc(Oc4cccc(OC)c4F)cc3)c3cncc(Cl)c32)C1. The van der Waals surface area contributed by atoms with E-state index in [0.717, 1.165) is 92.0 Å². The summed E-state index contributed by atoms with van der Waals surface area (Å²) in [6.45, 7) is 18.4. The first-order chi connectivity index (χ1) is 52.0. The van der Waals surface area contributed by atoms with E-state index in [2.05, 4.69) is 34.7 Å². The number of aryl methyl sites for hydroxylation is 2. The van der Waals surface area contributed by atoms with Crippen LogP contribution in [0.25, 0.3) is 66.5 Å². The molecular formula is C82H76ClF3N12O9. The standard InChI is InChI=1S/C28H27FN4O4.C28H27FN4O2.C26H22ClFN4O3/c1-4-25(34)32-14-6-7-19(17-32)33-28-21(15-30-16-24(28)36-3)27(31-33)18-10-12-20(13-11-18)37-23-9-5-8-22(35-2)26(23)29;1-4-19-7-6-8-24(26(19)29)35-22-11-9-20(10-12-22)27-23-16-30-15-18(3)28(23)33(31-27)21-13-14-32(17-21)25(34)5-2;1-3-23(33)31-12-11-17(15-31)32-26-19(13-29-14-20(26)27)25(30-32)16-7-9-18(10-8-16)35-22-6-4-5-21(34-2)24(22)28/h4-5,8-13,15-16,19H,1,6-7,14,17H2,2-3H3;5-12,15-16,21H,2,4,13-14,17H2,1,3H3;3-10,13-14,17H,1,11-12,15H2,2H3/t19-;21-;17-/m111/s1. The summed E-state index contributed by atoms with van der Waals surface area (Å²) in [7, 11) is 4.42. The largest absolute Gasteiger partial charge is 0.494 e. The first-order valence-electron chi connectivity index (χ1n) is 34.8. The molecule has 3 aliphatic heterocycles. The highest BCUT2D eigenvalue weighted by Gasteiger charge is 2.33. The lowest BCUT2D eigenvalue weighted by molar-refractivity contribution is -0.127. The Bertz CT molecular complexity index is 5110. The topological polar surface area (TPSA) is 208 Å². The van der Waals surface area contributed by atoms with Gasteiger partial charge in [0.05, 0.1) is 67.1 Å². The van der Waals surface area contributed by atoms with Crippen molar-refractivity contribution in [3.63, 3.8) is 0 Å². The number of hydrogen-bond donors (Lipinski definition) is 0. The van der Waals surface area contributed by atoms with Crippen LogP contribution >= 0.6 is 11.6 Å². The highest BCUT2D eigenvalue weighted by atomic mass is 35.5. The average molecular weight is 1470 g/mol. The molecule has 6 aromatic heterocycles. The van der Waals surface area contributed by atoms with Crippen LogP contribution in [0, 0.1) is 24.4 Å². The number of aromatic nitrogens is 9. The number of likely N-dealkylation sites (tertiary alicyclic amines) is 3. The van der Waals surface area contributed by atoms with E-state index in [1.165, 1.54) is 50.6 Å². The molecule has 12 aromatic rings. The van der Waals surface area contributed by atoms with Crippen LogP contribution in [0.1, 0.15) is 61.9 Å². The zero-order valence-electron chi connectivity index (χ0n) is 59.5. The first-order valence-corrected chi connectivity index (χ1v) is 35.2. The first kappa shape index (κ1) is 73.0. The number of hydrogen-bond acceptors (Lipinski definition) is 15. The Morgan fingerprint density at radius 1 is 0.458 bits per heavy atom. The van der Waals surface area contributed by atoms with Crippen molar-refractivity contribution >= 4 is 62.0 Å². The minimum Gasteiger partial charge on any atom is -0.494 e. The third kappa shape index (κ3) is 15.2. The maximum Gasteiger partial charge on any atom is 0.246 e. The van der Waals surface area contributed by atoms with Gasteiger partial charge >= 0.3 is 0 Å². The Morgan fingerprint density at radius 2 is 0.832 bits per heavy atom. The maximum atomic E-state index is 14.6. The van der Waals surface area contributed by atoms with E-state index in [-0.39, 0.29) is 70.4 Å². The Balaban J connectivity index is 0.000000142. The second-order valence-electron chi connectivity index (χ2n) is 25.6. The van der Waals surface area contributed by atoms with E-state index in [1.807, 2.05) is 88.8 Å². The van der Waals surface area contributed by atoms with Crippen molar-refractivity contribution in [3.8, 4) is 85.5 Å². The fraction of sp³-hybridized carbons (Fsp3) is 0.232. The molecule has 546 valence electrons. The normalized spacial score (nSPS) is 15.4. The molecular weight excluding hydrogens is 1390 g/mol. The van der Waals surface area contributed by atoms with Crippen LogP contribution in [-0.4, -0.2) is 137 Å². The monoisotopic (exact) mass is 1460 g/mol. The van der Waals surface area contributed by atoms with Gasteiger partial charge in [-0.3, -0.25) is 43.4 Å². The number of methoxy groups -OCH3 is 3. The van der Waals surface area contributed by atoms with Crippen molar-refractivity contribution in [1.29, 1.82) is 0 Å². The van der Waals surface area contributed by atoms with Crippen molar-refractivity contribution < 1.29 is 56.0 Å². The molecule has 0 bridgehead atoms. The van der Waals surface area contributed by atoms with Gasteiger partial charge in [0.25, 0.3) is 0 Å². The summed E-state index contributed by atoms with van der Waals surface area (Å²) < 4.78 is 82.4. The summed E-state index contributed by atoms with van der Waals surface area (Å²) in [6, 6.07) is 36.6. The molecule has 0 N–H and O–H groups in total. The fourth-order valence-corrected chi connectivity index (χ4v) is 14.0. The molecule has 25 heteroatoms. The molecule has 0 aliphatic carbocycles. The quantitative estimate of drug-likeness (QED) is 0.0690. The van der Waals surface area contributed by atoms with Gasteiger partial charge in [0.15, 0.2) is 40.3 Å². The minimum absolute atomic E-state index is 0.0197. The van der Waals surface area contributed by atoms with E-state index >= 15 is 0 Å². The average Bonchev–Trinajstić information content (AvgIpc) is 1.62. The summed E-state index contributed by atoms with van der Waals surface area (Å²) >= 11 is 6.54. The van der Waals surface area contributed by atoms with Crippen LogP contribution in [-0.2, 0) is 20.8 Å². The Morgan fingerprint density at radius 3 is 1.28 bits per heavy atom. The minimum atomic E-state index is -0.565. The summed E-state index contributed by atoms with van der Waals surface area (Å²) in [5.74, 6) is 0.994. The molecule has 3 saturated heterocycles. The lowest BCUT2D eigenvalue weighted by atomic mass is 10.1. The number of benzene rings is 6. The molecule has 3 amide bonds. The summed E-state index contributed by atoms with van der Waals surface area (Å²) in [5, 5.41) is 17.9. The zero-order valence-corrected chi connectivity index (χ0v) is 60.3. The molecule has 3 atom stereocenters. The number of amides is 3. The number of pyridine rings is 3. The van der Waals surface area contributed by atoms with Crippen LogP contribution in [0.5, 0.6) is 51.7 Å². The van der Waals surface area contributed by atoms with Crippen molar-refractivity contribution in [2.45, 2.75) is 64.1 Å². The lowest BCUT2D eigenvalue weighted by Gasteiger charge is -2.32. The van der Waals surface area contributed by atoms with Crippen LogP contribution in [0.2, 0.25) is 5.02 Å². The third-order valence-corrected chi connectivity index (χ3v) is 19.4. The van der Waals surface area contributed by atoms with Crippen LogP contribution in [0.15, 0.2) is 203 Å². The smallest absolute Gasteiger partial charge is 0.246 e. The van der Waals surface area contributed by atoms with E-state index in [4.69, 9.17) is 55.3 Å². The van der Waals surface area contributed by atoms with Crippen LogP contribution < -0.4 is 28.4 Å². The van der Waals surface area contributed by atoms with E-state index in [9.17, 15) is 27.6 Å². The molecule has 0 unspecified atom stereocenters. The number of fused-ring (bicyclic) bond motifs is 3. The van der Waals surface area contributed by atoms with Crippen molar-refractivity contribution in [2.24, 2.45) is 0 Å². The number of ether oxygens (including phenoxy) is 6. The van der Waals surface area contributed by atoms with E-state index < -0.39 is 11.6 Å². The fourth-order valence-electron chi connectivity index (χ4n) is 13.7. The van der Waals surface area contributed by atoms with Crippen molar-refractivity contribution in [3.05, 3.63) is 236 Å². The van der Waals surface area contributed by atoms with Gasteiger partial charge in [-0.2, -0.15) is 24.1 Å². The van der Waals surface area contributed by atoms with Gasteiger partial charge < -0.3 is 43.1 Å². The van der Waals surface area contributed by atoms with E-state index in [0.29, 0.717) is 85.0 Å². The van der Waals surface area contributed by atoms with Crippen molar-refractivity contribution in [1.82, 2.24) is 59.0 Å². The molecule has 0 saturated carbocycles. The molecule has 0 spiro atoms. The predicted octanol–water partition coefficient (Wildman–Crippen LogP) is 16.9. The second-order valence-corrected chi connectivity index (χ2v) is 26.0. The predicted molar refractivity (Wildman–Crippen MR) is 403 cm³/mol. The van der Waals surface area contributed by atoms with Gasteiger partial charge in [-0.1, -0.05) is 62.5 Å². The van der Waals surface area contributed by atoms with Crippen LogP contribution in [0.3, 0.4) is 0 Å². The maximum absolute atomic E-state index is 14.6. The highest BCUT2D eigenvalue weighted by Crippen LogP contribution is 2.42. The van der Waals surface area contributed by atoms with Gasteiger partial charge in [0.1, 0.15) is 39.8 Å². The van der Waals surface area contributed by atoms with Gasteiger partial charge in [0, 0.05) is 97.7 Å². The molecule has 3 aliphatic rings. The molecule has 21 nitrogen and oxygen atoms in total. The molecule has 9 heterocycles. The number of halogens is 4. The highest BCUT2D eigenvalue weighted by molar-refractivity contribution is 6.35. The summed E-state index contributed by atoms with van der Waals surface area (Å²) in [4.78, 5) is 54.8.